The maximum Gasteiger partial charge on any atom is 0.193 e. The minimum Gasteiger partial charge on any atom is -0.496 e. The number of aliphatic imine (C=N–C) groups is 1. The number of anilines is 1. The van der Waals surface area contributed by atoms with Crippen LogP contribution in [0.15, 0.2) is 29.4 Å². The van der Waals surface area contributed by atoms with Crippen molar-refractivity contribution >= 4 is 11.6 Å². The first-order valence-electron chi connectivity index (χ1n) is 7.55. The molecule has 0 saturated carbocycles. The van der Waals surface area contributed by atoms with Gasteiger partial charge >= 0.3 is 0 Å². The Morgan fingerprint density at radius 1 is 1.17 bits per heavy atom. The number of hydrogen-bond donors (Lipinski definition) is 2. The highest BCUT2D eigenvalue weighted by Gasteiger charge is 2.09. The van der Waals surface area contributed by atoms with Crippen molar-refractivity contribution in [3.63, 3.8) is 0 Å². The van der Waals surface area contributed by atoms with Gasteiger partial charge in [-0.25, -0.2) is 4.99 Å². The maximum absolute atomic E-state index is 5.97. The lowest BCUT2D eigenvalue weighted by Gasteiger charge is -2.11. The number of aryl methyl sites for hydroxylation is 3. The van der Waals surface area contributed by atoms with E-state index in [1.807, 2.05) is 19.9 Å². The van der Waals surface area contributed by atoms with Crippen LogP contribution in [0.3, 0.4) is 0 Å². The molecule has 3 N–H and O–H groups in total. The quantitative estimate of drug-likeness (QED) is 0.671. The van der Waals surface area contributed by atoms with Crippen molar-refractivity contribution in [1.29, 1.82) is 0 Å². The summed E-state index contributed by atoms with van der Waals surface area (Å²) in [6.45, 7) is 8.51. The van der Waals surface area contributed by atoms with Crippen molar-refractivity contribution in [2.45, 2.75) is 34.2 Å². The predicted octanol–water partition coefficient (Wildman–Crippen LogP) is 3.25. The van der Waals surface area contributed by atoms with Gasteiger partial charge in [-0.2, -0.15) is 0 Å². The van der Waals surface area contributed by atoms with E-state index in [4.69, 9.17) is 10.5 Å². The molecule has 0 atom stereocenters. The van der Waals surface area contributed by atoms with Crippen LogP contribution in [-0.2, 0) is 6.54 Å². The second-order valence-electron chi connectivity index (χ2n) is 5.67. The molecule has 0 aliphatic rings. The van der Waals surface area contributed by atoms with Crippen LogP contribution in [0.5, 0.6) is 5.75 Å². The minimum atomic E-state index is 0.369. The van der Waals surface area contributed by atoms with E-state index in [1.165, 1.54) is 11.1 Å². The maximum atomic E-state index is 5.97. The number of nitrogens with one attached hydrogen (secondary N) is 1. The van der Waals surface area contributed by atoms with Gasteiger partial charge in [0.25, 0.3) is 0 Å². The molecule has 0 fully saturated rings. The summed E-state index contributed by atoms with van der Waals surface area (Å²) in [5.41, 5.74) is 12.2. The van der Waals surface area contributed by atoms with E-state index in [1.54, 1.807) is 13.3 Å². The van der Waals surface area contributed by atoms with Gasteiger partial charge in [0.05, 0.1) is 19.3 Å². The van der Waals surface area contributed by atoms with Crippen molar-refractivity contribution in [2.75, 3.05) is 12.4 Å². The molecule has 1 aromatic heterocycles. The van der Waals surface area contributed by atoms with Crippen molar-refractivity contribution < 1.29 is 4.74 Å². The summed E-state index contributed by atoms with van der Waals surface area (Å²) in [5, 5.41) is 3.11. The Morgan fingerprint density at radius 3 is 2.57 bits per heavy atom. The average Bonchev–Trinajstić information content (AvgIpc) is 2.51. The third-order valence-corrected chi connectivity index (χ3v) is 3.93. The van der Waals surface area contributed by atoms with Crippen LogP contribution in [0.2, 0.25) is 0 Å². The summed E-state index contributed by atoms with van der Waals surface area (Å²) in [6, 6.07) is 6.10. The zero-order valence-electron chi connectivity index (χ0n) is 14.4. The zero-order valence-corrected chi connectivity index (χ0v) is 14.4. The molecule has 5 heteroatoms. The molecule has 1 aromatic carbocycles. The lowest BCUT2D eigenvalue weighted by Crippen LogP contribution is -2.22. The van der Waals surface area contributed by atoms with Gasteiger partial charge in [0.1, 0.15) is 5.75 Å². The molecule has 5 nitrogen and oxygen atoms in total. The lowest BCUT2D eigenvalue weighted by molar-refractivity contribution is 0.407. The third kappa shape index (κ3) is 4.00. The molecular formula is C18H24N4O. The number of benzene rings is 1. The van der Waals surface area contributed by atoms with Crippen molar-refractivity contribution in [1.82, 2.24) is 4.98 Å². The van der Waals surface area contributed by atoms with Crippen LogP contribution in [0.4, 0.5) is 5.69 Å². The summed E-state index contributed by atoms with van der Waals surface area (Å²) in [7, 11) is 1.66. The highest BCUT2D eigenvalue weighted by molar-refractivity contribution is 5.92. The monoisotopic (exact) mass is 312 g/mol. The molecule has 0 amide bonds. The van der Waals surface area contributed by atoms with Crippen LogP contribution in [0, 0.1) is 27.7 Å². The van der Waals surface area contributed by atoms with Gasteiger partial charge in [0, 0.05) is 23.0 Å². The highest BCUT2D eigenvalue weighted by atomic mass is 16.5. The lowest BCUT2D eigenvalue weighted by atomic mass is 10.1. The van der Waals surface area contributed by atoms with Crippen molar-refractivity contribution in [3.05, 3.63) is 52.3 Å². The fraction of sp³-hybridized carbons (Fsp3) is 0.333. The molecule has 2 aromatic rings. The first-order valence-corrected chi connectivity index (χ1v) is 7.55. The zero-order chi connectivity index (χ0) is 17.0. The summed E-state index contributed by atoms with van der Waals surface area (Å²) in [4.78, 5) is 8.79. The fourth-order valence-corrected chi connectivity index (χ4v) is 2.40. The van der Waals surface area contributed by atoms with Crippen LogP contribution >= 0.6 is 0 Å². The summed E-state index contributed by atoms with van der Waals surface area (Å²) in [5.74, 6) is 1.22. The standard InChI is InChI=1S/C18H24N4O/c1-11-6-7-15(8-12(11)2)22-18(19)21-10-16-14(4)17(23-5)13(3)9-20-16/h6-9H,10H2,1-5H3,(H3,19,21,22). The Balaban J connectivity index is 2.12. The summed E-state index contributed by atoms with van der Waals surface area (Å²) in [6.07, 6.45) is 1.80. The second-order valence-corrected chi connectivity index (χ2v) is 5.67. The molecule has 0 bridgehead atoms. The van der Waals surface area contributed by atoms with Crippen LogP contribution in [0.1, 0.15) is 27.9 Å². The highest BCUT2D eigenvalue weighted by Crippen LogP contribution is 2.24. The van der Waals surface area contributed by atoms with Crippen LogP contribution in [0.25, 0.3) is 0 Å². The summed E-state index contributed by atoms with van der Waals surface area (Å²) < 4.78 is 5.41. The van der Waals surface area contributed by atoms with Gasteiger partial charge in [-0.15, -0.1) is 0 Å². The number of aromatic nitrogens is 1. The minimum absolute atomic E-state index is 0.369. The number of guanidine groups is 1. The van der Waals surface area contributed by atoms with Crippen LogP contribution < -0.4 is 15.8 Å². The predicted molar refractivity (Wildman–Crippen MR) is 95.1 cm³/mol. The van der Waals surface area contributed by atoms with Crippen molar-refractivity contribution in [3.8, 4) is 5.75 Å². The average molecular weight is 312 g/mol. The number of nitrogens with two attached hydrogens (primary N) is 1. The number of nitrogens with zero attached hydrogens (tertiary/aromatic N) is 2. The first-order chi connectivity index (χ1) is 10.9. The Labute approximate surface area is 137 Å². The number of methoxy groups -OCH3 is 1. The number of pyridine rings is 1. The van der Waals surface area contributed by atoms with E-state index in [2.05, 4.69) is 41.3 Å². The normalized spacial score (nSPS) is 11.4. The van der Waals surface area contributed by atoms with E-state index in [0.29, 0.717) is 12.5 Å². The van der Waals surface area contributed by atoms with E-state index in [9.17, 15) is 0 Å². The third-order valence-electron chi connectivity index (χ3n) is 3.93. The Kier molecular flexibility index (Phi) is 5.21. The van der Waals surface area contributed by atoms with E-state index < -0.39 is 0 Å². The second kappa shape index (κ2) is 7.13. The number of hydrogen-bond acceptors (Lipinski definition) is 3. The SMILES string of the molecule is COc1c(C)cnc(CN=C(N)Nc2ccc(C)c(C)c2)c1C. The molecule has 1 heterocycles. The topological polar surface area (TPSA) is 72.5 Å². The van der Waals surface area contributed by atoms with Gasteiger partial charge < -0.3 is 15.8 Å². The smallest absolute Gasteiger partial charge is 0.193 e. The molecule has 0 unspecified atom stereocenters. The van der Waals surface area contributed by atoms with E-state index >= 15 is 0 Å². The van der Waals surface area contributed by atoms with Gasteiger partial charge in [-0.3, -0.25) is 4.98 Å². The van der Waals surface area contributed by atoms with E-state index in [-0.39, 0.29) is 0 Å². The fourth-order valence-electron chi connectivity index (χ4n) is 2.40. The molecular weight excluding hydrogens is 288 g/mol. The molecule has 0 radical (unpaired) electrons. The molecule has 0 spiro atoms. The Bertz CT molecular complexity index is 738. The van der Waals surface area contributed by atoms with Gasteiger partial charge in [0.15, 0.2) is 5.96 Å². The largest absolute Gasteiger partial charge is 0.496 e. The Morgan fingerprint density at radius 2 is 1.91 bits per heavy atom. The van der Waals surface area contributed by atoms with E-state index in [0.717, 1.165) is 28.3 Å². The van der Waals surface area contributed by atoms with Gasteiger partial charge in [-0.1, -0.05) is 6.07 Å². The van der Waals surface area contributed by atoms with Gasteiger partial charge in [0.2, 0.25) is 0 Å². The molecule has 2 rings (SSSR count). The molecule has 0 aliphatic carbocycles. The molecule has 0 saturated heterocycles. The molecule has 23 heavy (non-hydrogen) atoms. The van der Waals surface area contributed by atoms with Gasteiger partial charge in [-0.05, 0) is 51.0 Å². The Hall–Kier alpha value is -2.56. The molecule has 0 aliphatic heterocycles. The van der Waals surface area contributed by atoms with Crippen molar-refractivity contribution in [2.24, 2.45) is 10.7 Å². The number of ether oxygens (including phenoxy) is 1. The summed E-state index contributed by atoms with van der Waals surface area (Å²) >= 11 is 0. The van der Waals surface area contributed by atoms with Crippen LogP contribution in [-0.4, -0.2) is 18.1 Å². The first kappa shape index (κ1) is 16.8. The molecule has 122 valence electrons. The number of rotatable bonds is 4.